The van der Waals surface area contributed by atoms with Crippen molar-refractivity contribution in [3.63, 3.8) is 0 Å². The van der Waals surface area contributed by atoms with E-state index in [9.17, 15) is 0 Å². The van der Waals surface area contributed by atoms with Crippen LogP contribution >= 0.6 is 0 Å². The Morgan fingerprint density at radius 3 is 1.25 bits per heavy atom. The SMILES string of the molecule is C1=CC[C]([Yb]([C]2=CC=CC2)[C]2=CC=CC2)=C1. The molecule has 1 heteroatoms. The molecule has 0 fully saturated rings. The van der Waals surface area contributed by atoms with Crippen LogP contribution in [0.2, 0.25) is 0 Å². The standard InChI is InChI=1S/3C5H5.Yb/c3*1-2-4-5-3-1;/h3*1-3H,4H2;. The summed E-state index contributed by atoms with van der Waals surface area (Å²) in [5, 5.41) is 0. The number of hydrogen-bond acceptors (Lipinski definition) is 0. The van der Waals surface area contributed by atoms with Crippen molar-refractivity contribution in [3.8, 4) is 0 Å². The van der Waals surface area contributed by atoms with Crippen molar-refractivity contribution >= 4 is 0 Å². The third-order valence-corrected chi connectivity index (χ3v) is 7.78. The van der Waals surface area contributed by atoms with Crippen LogP contribution in [0.15, 0.2) is 55.7 Å². The number of allylic oxidation sites excluding steroid dienone is 12. The van der Waals surface area contributed by atoms with Gasteiger partial charge in [0, 0.05) is 0 Å². The summed E-state index contributed by atoms with van der Waals surface area (Å²) in [6.07, 6.45) is 24.1. The van der Waals surface area contributed by atoms with Crippen LogP contribution in [-0.2, 0) is 0 Å². The van der Waals surface area contributed by atoms with E-state index in [2.05, 4.69) is 54.7 Å². The second-order valence-electron chi connectivity index (χ2n) is 3.72. The fourth-order valence-electron chi connectivity index (χ4n) is 1.82. The molecule has 0 atom stereocenters. The van der Waals surface area contributed by atoms with Gasteiger partial charge in [0.25, 0.3) is 0 Å². The van der Waals surface area contributed by atoms with Crippen LogP contribution in [0.3, 0.4) is 0 Å². The van der Waals surface area contributed by atoms with E-state index in [1.54, 1.807) is 0.994 Å². The van der Waals surface area contributed by atoms with E-state index in [1.165, 1.54) is 19.3 Å². The van der Waals surface area contributed by atoms with Crippen molar-refractivity contribution in [1.82, 2.24) is 0 Å². The Hall–Kier alpha value is -0.0405. The van der Waals surface area contributed by atoms with Crippen LogP contribution < -0.4 is 0 Å². The summed E-state index contributed by atoms with van der Waals surface area (Å²) < 4.78 is 5.04. The van der Waals surface area contributed by atoms with Gasteiger partial charge in [0.15, 0.2) is 0 Å². The predicted molar refractivity (Wildman–Crippen MR) is 65.5 cm³/mol. The maximum atomic E-state index is 2.35. The van der Waals surface area contributed by atoms with Gasteiger partial charge in [-0.3, -0.25) is 0 Å². The van der Waals surface area contributed by atoms with Gasteiger partial charge >= 0.3 is 115 Å². The molecule has 0 saturated carbocycles. The van der Waals surface area contributed by atoms with Gasteiger partial charge in [-0.1, -0.05) is 0 Å². The average Bonchev–Trinajstić information content (AvgIpc) is 3.02. The topological polar surface area (TPSA) is 0 Å². The van der Waals surface area contributed by atoms with Crippen LogP contribution in [0, 0.1) is 40.1 Å². The Morgan fingerprint density at radius 1 is 0.625 bits per heavy atom. The Kier molecular flexibility index (Phi) is 3.51. The van der Waals surface area contributed by atoms with Gasteiger partial charge in [0.1, 0.15) is 0 Å². The molecule has 0 unspecified atom stereocenters. The summed E-state index contributed by atoms with van der Waals surface area (Å²) in [6, 6.07) is 0. The molecule has 0 spiro atoms. The molecule has 0 aromatic heterocycles. The second kappa shape index (κ2) is 5.08. The van der Waals surface area contributed by atoms with E-state index in [1.807, 2.05) is 0 Å². The predicted octanol–water partition coefficient (Wildman–Crippen LogP) is 4.14. The van der Waals surface area contributed by atoms with E-state index < -0.39 is 40.1 Å². The molecule has 0 aliphatic heterocycles. The van der Waals surface area contributed by atoms with Crippen molar-refractivity contribution in [2.75, 3.05) is 0 Å². The van der Waals surface area contributed by atoms with Gasteiger partial charge in [-0.2, -0.15) is 0 Å². The Balaban J connectivity index is 1.89. The monoisotopic (exact) mass is 369 g/mol. The van der Waals surface area contributed by atoms with Gasteiger partial charge in [-0.25, -0.2) is 0 Å². The molecule has 0 amide bonds. The molecule has 3 aliphatic carbocycles. The van der Waals surface area contributed by atoms with E-state index in [0.717, 1.165) is 0 Å². The summed E-state index contributed by atoms with van der Waals surface area (Å²) in [4.78, 5) is 0. The minimum absolute atomic E-state index is 0.789. The summed E-state index contributed by atoms with van der Waals surface area (Å²) in [7, 11) is 0. The second-order valence-corrected chi connectivity index (χ2v) is 8.31. The van der Waals surface area contributed by atoms with Crippen molar-refractivity contribution in [2.45, 2.75) is 19.3 Å². The van der Waals surface area contributed by atoms with E-state index >= 15 is 0 Å². The van der Waals surface area contributed by atoms with Gasteiger partial charge in [-0.15, -0.1) is 0 Å². The Morgan fingerprint density at radius 2 is 1.00 bits per heavy atom. The Bertz CT molecular complexity index is 398. The van der Waals surface area contributed by atoms with Gasteiger partial charge in [0.05, 0.1) is 0 Å². The van der Waals surface area contributed by atoms with Crippen molar-refractivity contribution in [1.29, 1.82) is 0 Å². The molecule has 0 nitrogen and oxygen atoms in total. The molecule has 0 aromatic carbocycles. The van der Waals surface area contributed by atoms with Crippen molar-refractivity contribution in [2.24, 2.45) is 0 Å². The molecule has 0 radical (unpaired) electrons. The molecule has 3 aliphatic rings. The zero-order valence-corrected chi connectivity index (χ0v) is 10.8. The Labute approximate surface area is 113 Å². The normalized spacial score (nSPS) is 22.5. The molecule has 16 heavy (non-hydrogen) atoms. The zero-order chi connectivity index (χ0) is 10.8. The first-order valence-corrected chi connectivity index (χ1v) is 8.12. The molecule has 0 bridgehead atoms. The zero-order valence-electron chi connectivity index (χ0n) is 9.08. The first-order chi connectivity index (χ1) is 7.95. The first-order valence-electron chi connectivity index (χ1n) is 5.55. The van der Waals surface area contributed by atoms with Crippen LogP contribution in [0.1, 0.15) is 19.3 Å². The van der Waals surface area contributed by atoms with Crippen LogP contribution in [0.4, 0.5) is 0 Å². The summed E-state index contributed by atoms with van der Waals surface area (Å²) in [5.41, 5.74) is 0. The summed E-state index contributed by atoms with van der Waals surface area (Å²) >= 11 is -0.789. The molecule has 89 valence electrons. The molecular weight excluding hydrogens is 353 g/mol. The van der Waals surface area contributed by atoms with Crippen LogP contribution in [0.25, 0.3) is 0 Å². The number of hydrogen-bond donors (Lipinski definition) is 0. The van der Waals surface area contributed by atoms with E-state index in [0.29, 0.717) is 0 Å². The molecular formula is C15H15Yb. The average molecular weight is 368 g/mol. The fourth-order valence-corrected chi connectivity index (χ4v) is 6.95. The van der Waals surface area contributed by atoms with Crippen molar-refractivity contribution < 1.29 is 40.1 Å². The quantitative estimate of drug-likeness (QED) is 0.703. The third-order valence-electron chi connectivity index (χ3n) is 2.57. The minimum atomic E-state index is -0.789. The van der Waals surface area contributed by atoms with Gasteiger partial charge < -0.3 is 0 Å². The van der Waals surface area contributed by atoms with E-state index in [-0.39, 0.29) is 0 Å². The fraction of sp³-hybridized carbons (Fsp3) is 0.200. The maximum absolute atomic E-state index is 2.35. The molecule has 0 heterocycles. The molecule has 0 N–H and O–H groups in total. The van der Waals surface area contributed by atoms with Crippen LogP contribution in [-0.4, -0.2) is 0 Å². The molecule has 3 rings (SSSR count). The van der Waals surface area contributed by atoms with Crippen LogP contribution in [0.5, 0.6) is 0 Å². The molecule has 0 saturated heterocycles. The third kappa shape index (κ3) is 2.16. The van der Waals surface area contributed by atoms with E-state index in [4.69, 9.17) is 0 Å². The molecule has 0 aromatic rings. The first kappa shape index (κ1) is 11.1. The summed E-state index contributed by atoms with van der Waals surface area (Å²) in [5.74, 6) is 0. The van der Waals surface area contributed by atoms with Gasteiger partial charge in [0.2, 0.25) is 0 Å². The van der Waals surface area contributed by atoms with Gasteiger partial charge in [-0.05, 0) is 0 Å². The number of rotatable bonds is 3. The summed E-state index contributed by atoms with van der Waals surface area (Å²) in [6.45, 7) is 0. The van der Waals surface area contributed by atoms with Crippen molar-refractivity contribution in [3.05, 3.63) is 55.7 Å².